The summed E-state index contributed by atoms with van der Waals surface area (Å²) in [7, 11) is 0. The normalized spacial score (nSPS) is 26.9. The highest BCUT2D eigenvalue weighted by atomic mass is 16.1. The third-order valence-corrected chi connectivity index (χ3v) is 3.66. The molecule has 0 aromatic carbocycles. The average molecular weight is 211 g/mol. The predicted octanol–water partition coefficient (Wildman–Crippen LogP) is 2.87. The van der Waals surface area contributed by atoms with Gasteiger partial charge in [0.1, 0.15) is 5.78 Å². The highest BCUT2D eigenvalue weighted by Gasteiger charge is 2.22. The highest BCUT2D eigenvalue weighted by Crippen LogP contribution is 2.26. The maximum absolute atomic E-state index is 11.0. The first-order chi connectivity index (χ1) is 7.13. The zero-order chi connectivity index (χ0) is 11.3. The van der Waals surface area contributed by atoms with Crippen molar-refractivity contribution in [2.75, 3.05) is 13.1 Å². The largest absolute Gasteiger partial charge is 0.300 e. The first kappa shape index (κ1) is 12.7. The van der Waals surface area contributed by atoms with E-state index in [1.807, 2.05) is 0 Å². The lowest BCUT2D eigenvalue weighted by atomic mass is 9.86. The minimum Gasteiger partial charge on any atom is -0.300 e. The lowest BCUT2D eigenvalue weighted by Gasteiger charge is -2.35. The Labute approximate surface area is 94.0 Å². The van der Waals surface area contributed by atoms with Gasteiger partial charge in [0.15, 0.2) is 0 Å². The fraction of sp³-hybridized carbons (Fsp3) is 0.923. The number of rotatable bonds is 5. The Balaban J connectivity index is 2.34. The van der Waals surface area contributed by atoms with Crippen molar-refractivity contribution in [2.24, 2.45) is 5.92 Å². The van der Waals surface area contributed by atoms with E-state index >= 15 is 0 Å². The van der Waals surface area contributed by atoms with Gasteiger partial charge in [0.2, 0.25) is 0 Å². The molecule has 0 heterocycles. The van der Waals surface area contributed by atoms with Gasteiger partial charge in [-0.15, -0.1) is 0 Å². The van der Waals surface area contributed by atoms with Crippen molar-refractivity contribution in [3.8, 4) is 0 Å². The first-order valence-electron chi connectivity index (χ1n) is 6.37. The Morgan fingerprint density at radius 1 is 1.27 bits per heavy atom. The molecule has 0 spiro atoms. The van der Waals surface area contributed by atoms with Crippen molar-refractivity contribution in [3.05, 3.63) is 0 Å². The summed E-state index contributed by atoms with van der Waals surface area (Å²) in [4.78, 5) is 13.5. The second-order valence-electron chi connectivity index (χ2n) is 4.99. The van der Waals surface area contributed by atoms with Crippen molar-refractivity contribution in [3.63, 3.8) is 0 Å². The van der Waals surface area contributed by atoms with E-state index in [1.165, 1.54) is 25.7 Å². The van der Waals surface area contributed by atoms with Gasteiger partial charge in [-0.1, -0.05) is 13.8 Å². The third kappa shape index (κ3) is 4.33. The Kier molecular flexibility index (Phi) is 5.30. The van der Waals surface area contributed by atoms with Crippen LogP contribution < -0.4 is 0 Å². The molecule has 0 radical (unpaired) electrons. The minimum absolute atomic E-state index is 0.317. The molecular weight excluding hydrogens is 186 g/mol. The van der Waals surface area contributed by atoms with E-state index in [-0.39, 0.29) is 0 Å². The van der Waals surface area contributed by atoms with Crippen LogP contribution in [-0.4, -0.2) is 29.8 Å². The molecule has 0 amide bonds. The molecule has 1 saturated carbocycles. The number of nitrogens with zero attached hydrogens (tertiary/aromatic N) is 1. The van der Waals surface area contributed by atoms with Gasteiger partial charge in [-0.3, -0.25) is 4.79 Å². The van der Waals surface area contributed by atoms with E-state index in [0.29, 0.717) is 5.78 Å². The lowest BCUT2D eigenvalue weighted by molar-refractivity contribution is -0.117. The summed E-state index contributed by atoms with van der Waals surface area (Å²) in [5, 5.41) is 0. The summed E-state index contributed by atoms with van der Waals surface area (Å²) in [6.45, 7) is 8.30. The Morgan fingerprint density at radius 2 is 1.87 bits per heavy atom. The molecule has 0 aromatic heterocycles. The van der Waals surface area contributed by atoms with Gasteiger partial charge in [0, 0.05) is 19.0 Å². The zero-order valence-electron chi connectivity index (χ0n) is 10.5. The maximum atomic E-state index is 11.0. The molecule has 0 aromatic rings. The third-order valence-electron chi connectivity index (χ3n) is 3.66. The fourth-order valence-corrected chi connectivity index (χ4v) is 2.51. The van der Waals surface area contributed by atoms with E-state index in [2.05, 4.69) is 18.7 Å². The summed E-state index contributed by atoms with van der Waals surface area (Å²) >= 11 is 0. The van der Waals surface area contributed by atoms with Crippen molar-refractivity contribution in [2.45, 2.75) is 58.9 Å². The fourth-order valence-electron chi connectivity index (χ4n) is 2.51. The molecule has 2 nitrogen and oxygen atoms in total. The molecule has 0 aliphatic heterocycles. The van der Waals surface area contributed by atoms with E-state index in [9.17, 15) is 4.79 Å². The van der Waals surface area contributed by atoms with Gasteiger partial charge in [-0.2, -0.15) is 0 Å². The lowest BCUT2D eigenvalue weighted by Crippen LogP contribution is -2.38. The van der Waals surface area contributed by atoms with Crippen molar-refractivity contribution < 1.29 is 4.79 Å². The van der Waals surface area contributed by atoms with Crippen LogP contribution >= 0.6 is 0 Å². The Bertz CT molecular complexity index is 195. The SMILES string of the molecule is CCN(CCC(C)=O)C1CCC(C)CC1. The second-order valence-corrected chi connectivity index (χ2v) is 4.99. The number of hydrogen-bond acceptors (Lipinski definition) is 2. The molecular formula is C13H25NO. The standard InChI is InChI=1S/C13H25NO/c1-4-14(10-9-12(3)15)13-7-5-11(2)6-8-13/h11,13H,4-10H2,1-3H3. The molecule has 15 heavy (non-hydrogen) atoms. The number of Topliss-reactive ketones (excluding diaryl/α,β-unsaturated/α-hetero) is 1. The molecule has 1 aliphatic carbocycles. The predicted molar refractivity (Wildman–Crippen MR) is 64.0 cm³/mol. The Hall–Kier alpha value is -0.370. The monoisotopic (exact) mass is 211 g/mol. The van der Waals surface area contributed by atoms with Gasteiger partial charge in [0.25, 0.3) is 0 Å². The van der Waals surface area contributed by atoms with Crippen molar-refractivity contribution >= 4 is 5.78 Å². The molecule has 0 bridgehead atoms. The molecule has 1 aliphatic rings. The van der Waals surface area contributed by atoms with Crippen LogP contribution in [0.4, 0.5) is 0 Å². The van der Waals surface area contributed by atoms with Crippen LogP contribution in [0.1, 0.15) is 52.9 Å². The molecule has 0 unspecified atom stereocenters. The van der Waals surface area contributed by atoms with E-state index < -0.39 is 0 Å². The van der Waals surface area contributed by atoms with Crippen LogP contribution in [0, 0.1) is 5.92 Å². The van der Waals surface area contributed by atoms with E-state index in [1.54, 1.807) is 6.92 Å². The van der Waals surface area contributed by atoms with Crippen LogP contribution in [0.5, 0.6) is 0 Å². The highest BCUT2D eigenvalue weighted by molar-refractivity contribution is 5.75. The Morgan fingerprint density at radius 3 is 2.33 bits per heavy atom. The van der Waals surface area contributed by atoms with E-state index in [0.717, 1.165) is 31.5 Å². The molecule has 0 atom stereocenters. The van der Waals surface area contributed by atoms with Crippen LogP contribution in [-0.2, 0) is 4.79 Å². The molecule has 1 fully saturated rings. The van der Waals surface area contributed by atoms with Gasteiger partial charge >= 0.3 is 0 Å². The molecule has 0 N–H and O–H groups in total. The molecule has 1 rings (SSSR count). The number of carbonyl (C=O) groups excluding carboxylic acids is 1. The van der Waals surface area contributed by atoms with Crippen molar-refractivity contribution in [1.82, 2.24) is 4.90 Å². The van der Waals surface area contributed by atoms with Crippen LogP contribution in [0.2, 0.25) is 0 Å². The average Bonchev–Trinajstić information content (AvgIpc) is 2.21. The van der Waals surface area contributed by atoms with Crippen LogP contribution in [0.25, 0.3) is 0 Å². The van der Waals surface area contributed by atoms with Gasteiger partial charge in [-0.05, 0) is 45.1 Å². The summed E-state index contributed by atoms with van der Waals surface area (Å²) in [5.74, 6) is 1.23. The number of hydrogen-bond donors (Lipinski definition) is 0. The van der Waals surface area contributed by atoms with Gasteiger partial charge in [0.05, 0.1) is 0 Å². The van der Waals surface area contributed by atoms with Gasteiger partial charge < -0.3 is 4.90 Å². The van der Waals surface area contributed by atoms with Crippen LogP contribution in [0.15, 0.2) is 0 Å². The first-order valence-corrected chi connectivity index (χ1v) is 6.37. The minimum atomic E-state index is 0.317. The smallest absolute Gasteiger partial charge is 0.131 e. The van der Waals surface area contributed by atoms with Crippen LogP contribution in [0.3, 0.4) is 0 Å². The summed E-state index contributed by atoms with van der Waals surface area (Å²) < 4.78 is 0. The second kappa shape index (κ2) is 6.26. The number of carbonyl (C=O) groups is 1. The zero-order valence-corrected chi connectivity index (χ0v) is 10.5. The molecule has 2 heteroatoms. The molecule has 88 valence electrons. The summed E-state index contributed by atoms with van der Waals surface area (Å²) in [6.07, 6.45) is 6.10. The van der Waals surface area contributed by atoms with Gasteiger partial charge in [-0.25, -0.2) is 0 Å². The van der Waals surface area contributed by atoms with E-state index in [4.69, 9.17) is 0 Å². The topological polar surface area (TPSA) is 20.3 Å². The molecule has 0 saturated heterocycles. The number of ketones is 1. The quantitative estimate of drug-likeness (QED) is 0.697. The van der Waals surface area contributed by atoms with Crippen molar-refractivity contribution in [1.29, 1.82) is 0 Å². The summed E-state index contributed by atoms with van der Waals surface area (Å²) in [6, 6.07) is 0.741. The summed E-state index contributed by atoms with van der Waals surface area (Å²) in [5.41, 5.74) is 0. The maximum Gasteiger partial charge on any atom is 0.131 e.